The van der Waals surface area contributed by atoms with Gasteiger partial charge in [-0.05, 0) is 24.1 Å². The predicted octanol–water partition coefficient (Wildman–Crippen LogP) is 2.31. The van der Waals surface area contributed by atoms with Crippen LogP contribution in [-0.4, -0.2) is 16.1 Å². The number of hydrogen-bond donors (Lipinski definition) is 1. The standard InChI is InChI=1S/C15H20N4/c1-2-14(16)12-3-5-13(6-4-12)19-10-9-18-8-7-17-15(18)11-19/h3-8,14H,2,9-11,16H2,1H3/t14-/m0/s1. The Morgan fingerprint density at radius 2 is 2.05 bits per heavy atom. The zero-order valence-corrected chi connectivity index (χ0v) is 11.3. The second-order valence-corrected chi connectivity index (χ2v) is 5.06. The molecule has 4 heteroatoms. The molecule has 0 bridgehead atoms. The van der Waals surface area contributed by atoms with Gasteiger partial charge in [0.05, 0.1) is 6.54 Å². The summed E-state index contributed by atoms with van der Waals surface area (Å²) in [5, 5.41) is 0. The van der Waals surface area contributed by atoms with E-state index in [2.05, 4.69) is 51.8 Å². The topological polar surface area (TPSA) is 47.1 Å². The maximum atomic E-state index is 6.05. The third-order valence-electron chi connectivity index (χ3n) is 3.87. The van der Waals surface area contributed by atoms with Crippen LogP contribution in [0.5, 0.6) is 0 Å². The molecule has 2 aromatic rings. The molecule has 1 aromatic heterocycles. The lowest BCUT2D eigenvalue weighted by Crippen LogP contribution is -2.33. The first-order valence-corrected chi connectivity index (χ1v) is 6.88. The number of aromatic nitrogens is 2. The van der Waals surface area contributed by atoms with Gasteiger partial charge in [0.25, 0.3) is 0 Å². The molecule has 0 saturated heterocycles. The van der Waals surface area contributed by atoms with E-state index in [4.69, 9.17) is 5.73 Å². The van der Waals surface area contributed by atoms with Crippen molar-refractivity contribution in [3.05, 3.63) is 48.0 Å². The van der Waals surface area contributed by atoms with E-state index >= 15 is 0 Å². The third kappa shape index (κ3) is 2.36. The highest BCUT2D eigenvalue weighted by molar-refractivity contribution is 5.48. The minimum atomic E-state index is 0.148. The molecule has 2 heterocycles. The Balaban J connectivity index is 1.77. The molecule has 100 valence electrons. The fraction of sp³-hybridized carbons (Fsp3) is 0.400. The van der Waals surface area contributed by atoms with Crippen LogP contribution in [0.4, 0.5) is 5.69 Å². The lowest BCUT2D eigenvalue weighted by atomic mass is 10.0. The van der Waals surface area contributed by atoms with Gasteiger partial charge in [-0.3, -0.25) is 0 Å². The van der Waals surface area contributed by atoms with E-state index in [-0.39, 0.29) is 6.04 Å². The van der Waals surface area contributed by atoms with Gasteiger partial charge in [-0.2, -0.15) is 0 Å². The van der Waals surface area contributed by atoms with Gasteiger partial charge in [-0.25, -0.2) is 4.98 Å². The summed E-state index contributed by atoms with van der Waals surface area (Å²) in [6.45, 7) is 5.03. The van der Waals surface area contributed by atoms with E-state index in [1.807, 2.05) is 6.20 Å². The summed E-state index contributed by atoms with van der Waals surface area (Å²) in [7, 11) is 0. The third-order valence-corrected chi connectivity index (χ3v) is 3.87. The maximum absolute atomic E-state index is 6.05. The van der Waals surface area contributed by atoms with E-state index in [9.17, 15) is 0 Å². The summed E-state index contributed by atoms with van der Waals surface area (Å²) in [4.78, 5) is 6.76. The van der Waals surface area contributed by atoms with Gasteiger partial charge in [0.1, 0.15) is 5.82 Å². The Morgan fingerprint density at radius 3 is 2.79 bits per heavy atom. The number of anilines is 1. The zero-order chi connectivity index (χ0) is 13.2. The van der Waals surface area contributed by atoms with Gasteiger partial charge in [0, 0.05) is 37.2 Å². The second-order valence-electron chi connectivity index (χ2n) is 5.06. The first-order valence-electron chi connectivity index (χ1n) is 6.88. The van der Waals surface area contributed by atoms with E-state index in [1.165, 1.54) is 11.3 Å². The highest BCUT2D eigenvalue weighted by Crippen LogP contribution is 2.23. The number of imidazole rings is 1. The number of benzene rings is 1. The molecule has 0 radical (unpaired) electrons. The molecule has 1 atom stereocenters. The van der Waals surface area contributed by atoms with Crippen molar-refractivity contribution in [3.8, 4) is 0 Å². The fourth-order valence-electron chi connectivity index (χ4n) is 2.56. The molecule has 1 aromatic carbocycles. The van der Waals surface area contributed by atoms with Crippen LogP contribution in [0.25, 0.3) is 0 Å². The van der Waals surface area contributed by atoms with E-state index in [0.29, 0.717) is 0 Å². The smallest absolute Gasteiger partial charge is 0.128 e. The number of rotatable bonds is 3. The lowest BCUT2D eigenvalue weighted by Gasteiger charge is -2.29. The van der Waals surface area contributed by atoms with Crippen LogP contribution in [0.15, 0.2) is 36.7 Å². The predicted molar refractivity (Wildman–Crippen MR) is 76.9 cm³/mol. The minimum Gasteiger partial charge on any atom is -0.362 e. The Bertz CT molecular complexity index is 544. The molecule has 4 nitrogen and oxygen atoms in total. The number of fused-ring (bicyclic) bond motifs is 1. The molecule has 19 heavy (non-hydrogen) atoms. The Labute approximate surface area is 113 Å². The van der Waals surface area contributed by atoms with Gasteiger partial charge in [-0.15, -0.1) is 0 Å². The van der Waals surface area contributed by atoms with Crippen molar-refractivity contribution in [1.82, 2.24) is 9.55 Å². The number of nitrogens with two attached hydrogens (primary N) is 1. The molecular weight excluding hydrogens is 236 g/mol. The van der Waals surface area contributed by atoms with Crippen molar-refractivity contribution in [2.24, 2.45) is 5.73 Å². The van der Waals surface area contributed by atoms with Crippen LogP contribution >= 0.6 is 0 Å². The minimum absolute atomic E-state index is 0.148. The Morgan fingerprint density at radius 1 is 1.26 bits per heavy atom. The SMILES string of the molecule is CC[C@H](N)c1ccc(N2CCn3ccnc3C2)cc1. The average Bonchev–Trinajstić information content (AvgIpc) is 2.94. The normalized spacial score (nSPS) is 16.2. The molecule has 3 rings (SSSR count). The maximum Gasteiger partial charge on any atom is 0.128 e. The van der Waals surface area contributed by atoms with Gasteiger partial charge in [-0.1, -0.05) is 19.1 Å². The first-order chi connectivity index (χ1) is 9.28. The van der Waals surface area contributed by atoms with Crippen molar-refractivity contribution < 1.29 is 0 Å². The molecule has 2 N–H and O–H groups in total. The molecule has 1 aliphatic heterocycles. The number of hydrogen-bond acceptors (Lipinski definition) is 3. The second kappa shape index (κ2) is 5.05. The molecule has 0 amide bonds. The van der Waals surface area contributed by atoms with Crippen LogP contribution in [0.2, 0.25) is 0 Å². The zero-order valence-electron chi connectivity index (χ0n) is 11.3. The summed E-state index contributed by atoms with van der Waals surface area (Å²) >= 11 is 0. The monoisotopic (exact) mass is 256 g/mol. The molecule has 1 aliphatic rings. The molecule has 0 saturated carbocycles. The van der Waals surface area contributed by atoms with Crippen molar-refractivity contribution in [1.29, 1.82) is 0 Å². The molecule has 0 aliphatic carbocycles. The highest BCUT2D eigenvalue weighted by Gasteiger charge is 2.16. The molecule has 0 fully saturated rings. The van der Waals surface area contributed by atoms with Crippen molar-refractivity contribution in [2.45, 2.75) is 32.5 Å². The van der Waals surface area contributed by atoms with E-state index in [1.54, 1.807) is 0 Å². The number of nitrogens with zero attached hydrogens (tertiary/aromatic N) is 3. The van der Waals surface area contributed by atoms with Gasteiger partial charge >= 0.3 is 0 Å². The van der Waals surface area contributed by atoms with E-state index in [0.717, 1.165) is 31.9 Å². The Kier molecular flexibility index (Phi) is 3.25. The summed E-state index contributed by atoms with van der Waals surface area (Å²) in [5.74, 6) is 1.14. The van der Waals surface area contributed by atoms with Crippen LogP contribution in [-0.2, 0) is 13.1 Å². The fourth-order valence-corrected chi connectivity index (χ4v) is 2.56. The van der Waals surface area contributed by atoms with Crippen molar-refractivity contribution in [2.75, 3.05) is 11.4 Å². The largest absolute Gasteiger partial charge is 0.362 e. The summed E-state index contributed by atoms with van der Waals surface area (Å²) < 4.78 is 2.22. The molecule has 0 unspecified atom stereocenters. The Hall–Kier alpha value is -1.81. The van der Waals surface area contributed by atoms with Crippen LogP contribution < -0.4 is 10.6 Å². The van der Waals surface area contributed by atoms with Gasteiger partial charge in [0.2, 0.25) is 0 Å². The quantitative estimate of drug-likeness (QED) is 0.916. The summed E-state index contributed by atoms with van der Waals surface area (Å²) in [6.07, 6.45) is 4.90. The van der Waals surface area contributed by atoms with Gasteiger partial charge in [0.15, 0.2) is 0 Å². The summed E-state index contributed by atoms with van der Waals surface area (Å²) in [5.41, 5.74) is 8.51. The van der Waals surface area contributed by atoms with Crippen LogP contribution in [0.3, 0.4) is 0 Å². The molecule has 0 spiro atoms. The van der Waals surface area contributed by atoms with Crippen molar-refractivity contribution >= 4 is 5.69 Å². The summed E-state index contributed by atoms with van der Waals surface area (Å²) in [6, 6.07) is 8.77. The van der Waals surface area contributed by atoms with Gasteiger partial charge < -0.3 is 15.2 Å². The lowest BCUT2D eigenvalue weighted by molar-refractivity contribution is 0.560. The van der Waals surface area contributed by atoms with Crippen LogP contribution in [0.1, 0.15) is 30.8 Å². The molecular formula is C15H20N4. The van der Waals surface area contributed by atoms with Crippen LogP contribution in [0, 0.1) is 0 Å². The highest BCUT2D eigenvalue weighted by atomic mass is 15.2. The van der Waals surface area contributed by atoms with Crippen molar-refractivity contribution in [3.63, 3.8) is 0 Å². The first kappa shape index (κ1) is 12.2. The average molecular weight is 256 g/mol. The van der Waals surface area contributed by atoms with E-state index < -0.39 is 0 Å².